The SMILES string of the molecule is COc1cc(C(=O)NCC2CCCC2CBr)ccc1C. The van der Waals surface area contributed by atoms with E-state index in [9.17, 15) is 4.79 Å². The summed E-state index contributed by atoms with van der Waals surface area (Å²) in [7, 11) is 1.63. The van der Waals surface area contributed by atoms with Crippen molar-refractivity contribution in [2.24, 2.45) is 11.8 Å². The van der Waals surface area contributed by atoms with Crippen LogP contribution in [0.4, 0.5) is 0 Å². The Kier molecular flexibility index (Phi) is 5.46. The van der Waals surface area contributed by atoms with Gasteiger partial charge in [-0.2, -0.15) is 0 Å². The number of rotatable bonds is 5. The Hall–Kier alpha value is -1.03. The molecule has 0 aromatic heterocycles. The zero-order valence-electron chi connectivity index (χ0n) is 12.1. The molecule has 1 amide bonds. The van der Waals surface area contributed by atoms with Crippen LogP contribution < -0.4 is 10.1 Å². The standard InChI is InChI=1S/C16H22BrNO2/c1-11-6-7-12(8-15(11)20-2)16(19)18-10-14-5-3-4-13(14)9-17/h6-8,13-14H,3-5,9-10H2,1-2H3,(H,18,19). The normalized spacial score (nSPS) is 21.8. The molecule has 0 bridgehead atoms. The van der Waals surface area contributed by atoms with Gasteiger partial charge in [0, 0.05) is 17.4 Å². The van der Waals surface area contributed by atoms with E-state index >= 15 is 0 Å². The van der Waals surface area contributed by atoms with Gasteiger partial charge < -0.3 is 10.1 Å². The van der Waals surface area contributed by atoms with Gasteiger partial charge in [0.1, 0.15) is 5.75 Å². The first-order valence-electron chi connectivity index (χ1n) is 7.14. The van der Waals surface area contributed by atoms with Crippen molar-refractivity contribution in [2.75, 3.05) is 19.0 Å². The number of hydrogen-bond acceptors (Lipinski definition) is 2. The zero-order chi connectivity index (χ0) is 14.5. The molecule has 1 fully saturated rings. The first-order chi connectivity index (χ1) is 9.65. The van der Waals surface area contributed by atoms with Gasteiger partial charge in [0.25, 0.3) is 5.91 Å². The molecule has 1 aromatic carbocycles. The van der Waals surface area contributed by atoms with Gasteiger partial charge in [-0.05, 0) is 49.3 Å². The highest BCUT2D eigenvalue weighted by Gasteiger charge is 2.26. The van der Waals surface area contributed by atoms with E-state index in [1.54, 1.807) is 13.2 Å². The van der Waals surface area contributed by atoms with E-state index in [1.165, 1.54) is 19.3 Å². The van der Waals surface area contributed by atoms with Crippen LogP contribution in [-0.2, 0) is 0 Å². The number of aryl methyl sites for hydroxylation is 1. The summed E-state index contributed by atoms with van der Waals surface area (Å²) >= 11 is 3.57. The van der Waals surface area contributed by atoms with E-state index in [0.717, 1.165) is 23.2 Å². The maximum absolute atomic E-state index is 12.2. The Bertz CT molecular complexity index is 476. The van der Waals surface area contributed by atoms with E-state index in [1.807, 2.05) is 19.1 Å². The minimum absolute atomic E-state index is 0.0106. The van der Waals surface area contributed by atoms with Crippen molar-refractivity contribution in [3.8, 4) is 5.75 Å². The number of ether oxygens (including phenoxy) is 1. The molecular formula is C16H22BrNO2. The fourth-order valence-corrected chi connectivity index (χ4v) is 3.73. The lowest BCUT2D eigenvalue weighted by atomic mass is 9.98. The van der Waals surface area contributed by atoms with E-state index in [0.29, 0.717) is 17.4 Å². The van der Waals surface area contributed by atoms with Crippen LogP contribution in [0.5, 0.6) is 5.75 Å². The van der Waals surface area contributed by atoms with Crippen molar-refractivity contribution >= 4 is 21.8 Å². The summed E-state index contributed by atoms with van der Waals surface area (Å²) in [6.45, 7) is 2.74. The summed E-state index contributed by atoms with van der Waals surface area (Å²) in [6, 6.07) is 5.58. The number of halogens is 1. The monoisotopic (exact) mass is 339 g/mol. The number of methoxy groups -OCH3 is 1. The quantitative estimate of drug-likeness (QED) is 0.833. The van der Waals surface area contributed by atoms with E-state index in [2.05, 4.69) is 21.2 Å². The molecule has 1 aliphatic rings. The molecule has 1 aliphatic carbocycles. The van der Waals surface area contributed by atoms with Crippen LogP contribution in [0, 0.1) is 18.8 Å². The number of amides is 1. The molecule has 0 saturated heterocycles. The molecule has 2 unspecified atom stereocenters. The minimum atomic E-state index is -0.0106. The van der Waals surface area contributed by atoms with Gasteiger partial charge in [0.15, 0.2) is 0 Å². The van der Waals surface area contributed by atoms with Crippen LogP contribution in [0.25, 0.3) is 0 Å². The lowest BCUT2D eigenvalue weighted by Gasteiger charge is -2.18. The summed E-state index contributed by atoms with van der Waals surface area (Å²) in [5, 5.41) is 4.09. The van der Waals surface area contributed by atoms with Crippen LogP contribution in [0.1, 0.15) is 35.2 Å². The minimum Gasteiger partial charge on any atom is -0.496 e. The van der Waals surface area contributed by atoms with E-state index in [4.69, 9.17) is 4.74 Å². The number of benzene rings is 1. The second-order valence-corrected chi connectivity index (χ2v) is 6.15. The lowest BCUT2D eigenvalue weighted by Crippen LogP contribution is -2.31. The Balaban J connectivity index is 1.95. The second kappa shape index (κ2) is 7.11. The van der Waals surface area contributed by atoms with Gasteiger partial charge >= 0.3 is 0 Å². The Morgan fingerprint density at radius 3 is 2.85 bits per heavy atom. The molecule has 1 aromatic rings. The maximum atomic E-state index is 12.2. The molecule has 0 spiro atoms. The van der Waals surface area contributed by atoms with Crippen LogP contribution in [0.3, 0.4) is 0 Å². The summed E-state index contributed by atoms with van der Waals surface area (Å²) in [5.74, 6) is 2.05. The highest BCUT2D eigenvalue weighted by molar-refractivity contribution is 9.09. The molecule has 0 heterocycles. The summed E-state index contributed by atoms with van der Waals surface area (Å²) < 4.78 is 5.26. The van der Waals surface area contributed by atoms with Gasteiger partial charge in [-0.15, -0.1) is 0 Å². The Morgan fingerprint density at radius 2 is 2.15 bits per heavy atom. The molecule has 3 nitrogen and oxygen atoms in total. The summed E-state index contributed by atoms with van der Waals surface area (Å²) in [6.07, 6.45) is 3.76. The van der Waals surface area contributed by atoms with Gasteiger partial charge in [-0.3, -0.25) is 4.79 Å². The van der Waals surface area contributed by atoms with Gasteiger partial charge in [-0.1, -0.05) is 28.4 Å². The number of hydrogen-bond donors (Lipinski definition) is 1. The molecule has 0 radical (unpaired) electrons. The molecule has 4 heteroatoms. The van der Waals surface area contributed by atoms with Gasteiger partial charge in [0.05, 0.1) is 7.11 Å². The van der Waals surface area contributed by atoms with Crippen LogP contribution in [0.15, 0.2) is 18.2 Å². The predicted octanol–water partition coefficient (Wildman–Crippen LogP) is 3.54. The molecule has 0 aliphatic heterocycles. The van der Waals surface area contributed by atoms with Crippen molar-refractivity contribution in [3.63, 3.8) is 0 Å². The first kappa shape index (κ1) is 15.4. The van der Waals surface area contributed by atoms with Gasteiger partial charge in [-0.25, -0.2) is 0 Å². The number of carbonyl (C=O) groups is 1. The molecule has 1 saturated carbocycles. The van der Waals surface area contributed by atoms with Crippen molar-refractivity contribution in [1.29, 1.82) is 0 Å². The average molecular weight is 340 g/mol. The molecule has 2 rings (SSSR count). The van der Waals surface area contributed by atoms with E-state index < -0.39 is 0 Å². The fraction of sp³-hybridized carbons (Fsp3) is 0.562. The molecule has 110 valence electrons. The first-order valence-corrected chi connectivity index (χ1v) is 8.26. The molecule has 20 heavy (non-hydrogen) atoms. The van der Waals surface area contributed by atoms with Crippen LogP contribution in [0.2, 0.25) is 0 Å². The Morgan fingerprint density at radius 1 is 1.40 bits per heavy atom. The van der Waals surface area contributed by atoms with E-state index in [-0.39, 0.29) is 5.91 Å². The van der Waals surface area contributed by atoms with Crippen LogP contribution in [-0.4, -0.2) is 24.9 Å². The lowest BCUT2D eigenvalue weighted by molar-refractivity contribution is 0.0944. The second-order valence-electron chi connectivity index (χ2n) is 5.50. The summed E-state index contributed by atoms with van der Waals surface area (Å²) in [5.41, 5.74) is 1.71. The van der Waals surface area contributed by atoms with Crippen molar-refractivity contribution in [3.05, 3.63) is 29.3 Å². The largest absolute Gasteiger partial charge is 0.496 e. The average Bonchev–Trinajstić information content (AvgIpc) is 2.92. The maximum Gasteiger partial charge on any atom is 0.251 e. The molecule has 1 N–H and O–H groups in total. The molecular weight excluding hydrogens is 318 g/mol. The smallest absolute Gasteiger partial charge is 0.251 e. The zero-order valence-corrected chi connectivity index (χ0v) is 13.7. The highest BCUT2D eigenvalue weighted by atomic mass is 79.9. The Labute approximate surface area is 129 Å². The highest BCUT2D eigenvalue weighted by Crippen LogP contribution is 2.32. The van der Waals surface area contributed by atoms with Crippen molar-refractivity contribution in [1.82, 2.24) is 5.32 Å². The number of nitrogens with one attached hydrogen (secondary N) is 1. The third kappa shape index (κ3) is 3.54. The number of carbonyl (C=O) groups excluding carboxylic acids is 1. The third-order valence-electron chi connectivity index (χ3n) is 4.21. The predicted molar refractivity (Wildman–Crippen MR) is 84.7 cm³/mol. The third-order valence-corrected chi connectivity index (χ3v) is 5.04. The topological polar surface area (TPSA) is 38.3 Å². The van der Waals surface area contributed by atoms with Crippen molar-refractivity contribution < 1.29 is 9.53 Å². The molecule has 2 atom stereocenters. The van der Waals surface area contributed by atoms with Gasteiger partial charge in [0.2, 0.25) is 0 Å². The van der Waals surface area contributed by atoms with Crippen molar-refractivity contribution in [2.45, 2.75) is 26.2 Å². The number of alkyl halides is 1. The van der Waals surface area contributed by atoms with Crippen LogP contribution >= 0.6 is 15.9 Å². The summed E-state index contributed by atoms with van der Waals surface area (Å²) in [4.78, 5) is 12.2. The fourth-order valence-electron chi connectivity index (χ4n) is 2.87.